The highest BCUT2D eigenvalue weighted by molar-refractivity contribution is 5.91. The average molecular weight is 795 g/mol. The molecule has 3 aliphatic rings. The number of nitrogens with one attached hydrogen (secondary N) is 3. The number of likely N-dealkylation sites (N-methyl/N-ethyl adjacent to an activating group) is 1. The van der Waals surface area contributed by atoms with E-state index in [1.54, 1.807) is 4.90 Å². The first-order valence-electron chi connectivity index (χ1n) is 20.0. The summed E-state index contributed by atoms with van der Waals surface area (Å²) in [7, 11) is 5.12. The average Bonchev–Trinajstić information content (AvgIpc) is 4.11. The largest absolute Gasteiger partial charge is 0.454 e. The van der Waals surface area contributed by atoms with Crippen LogP contribution < -0.4 is 14.8 Å². The van der Waals surface area contributed by atoms with Crippen LogP contribution in [0.2, 0.25) is 0 Å². The highest BCUT2D eigenvalue weighted by Crippen LogP contribution is 2.39. The van der Waals surface area contributed by atoms with Crippen LogP contribution in [0.1, 0.15) is 61.0 Å². The zero-order chi connectivity index (χ0) is 40.6. The first-order chi connectivity index (χ1) is 28.7. The number of alkyl carbamates (subject to hydrolysis) is 1. The molecule has 6 aromatic rings. The number of hydrogen-bond donors (Lipinski definition) is 3. The van der Waals surface area contributed by atoms with Crippen molar-refractivity contribution < 1.29 is 28.6 Å². The highest BCUT2D eigenvalue weighted by atomic mass is 16.7. The summed E-state index contributed by atoms with van der Waals surface area (Å²) < 4.78 is 15.7. The molecule has 3 amide bonds. The number of likely N-dealkylation sites (tertiary alicyclic amines) is 2. The smallest absolute Gasteiger partial charge is 0.407 e. The number of aromatic amines is 2. The summed E-state index contributed by atoms with van der Waals surface area (Å²) in [4.78, 5) is 60.6. The molecular weight excluding hydrogens is 749 g/mol. The minimum absolute atomic E-state index is 0.0368. The van der Waals surface area contributed by atoms with E-state index in [0.29, 0.717) is 24.6 Å². The monoisotopic (exact) mass is 794 g/mol. The lowest BCUT2D eigenvalue weighted by atomic mass is 9.98. The molecule has 2 aromatic heterocycles. The number of fused-ring (bicyclic) bond motifs is 2. The van der Waals surface area contributed by atoms with Gasteiger partial charge in [0.05, 0.1) is 43.0 Å². The van der Waals surface area contributed by atoms with E-state index in [1.165, 1.54) is 7.11 Å². The SMILES string of the molecule is COC(=O)NCC(=O)N1CCCC1c1ncc(-c2ccc3cc(-c4ccc(-c5cnc(C6CCCN6C(=O)C(c6ccc7c(c6)OCO7)N(C)C)[nH]5)cc4)ccc3c2)[nH]1. The Kier molecular flexibility index (Phi) is 10.2. The number of H-pyrrole nitrogens is 2. The van der Waals surface area contributed by atoms with Gasteiger partial charge >= 0.3 is 6.09 Å². The van der Waals surface area contributed by atoms with Crippen molar-refractivity contribution >= 4 is 28.7 Å². The van der Waals surface area contributed by atoms with Crippen molar-refractivity contribution in [2.24, 2.45) is 0 Å². The van der Waals surface area contributed by atoms with Crippen molar-refractivity contribution in [3.05, 3.63) is 108 Å². The molecule has 3 atom stereocenters. The molecule has 14 heteroatoms. The molecule has 0 saturated carbocycles. The summed E-state index contributed by atoms with van der Waals surface area (Å²) in [5, 5.41) is 4.69. The molecule has 2 saturated heterocycles. The lowest BCUT2D eigenvalue weighted by molar-refractivity contribution is -0.137. The summed E-state index contributed by atoms with van der Waals surface area (Å²) >= 11 is 0. The molecule has 3 unspecified atom stereocenters. The van der Waals surface area contributed by atoms with E-state index in [4.69, 9.17) is 14.5 Å². The molecule has 0 aliphatic carbocycles. The van der Waals surface area contributed by atoms with E-state index in [-0.39, 0.29) is 37.2 Å². The normalized spacial score (nSPS) is 17.8. The Bertz CT molecular complexity index is 2530. The maximum absolute atomic E-state index is 14.1. The molecule has 9 rings (SSSR count). The zero-order valence-corrected chi connectivity index (χ0v) is 33.2. The van der Waals surface area contributed by atoms with Gasteiger partial charge in [-0.25, -0.2) is 14.8 Å². The second kappa shape index (κ2) is 15.9. The molecule has 4 aromatic carbocycles. The van der Waals surface area contributed by atoms with Crippen LogP contribution in [0.5, 0.6) is 11.5 Å². The van der Waals surface area contributed by atoms with Gasteiger partial charge in [0, 0.05) is 18.7 Å². The first-order valence-corrected chi connectivity index (χ1v) is 20.0. The Morgan fingerprint density at radius 2 is 1.36 bits per heavy atom. The van der Waals surface area contributed by atoms with Crippen molar-refractivity contribution in [1.29, 1.82) is 0 Å². The third-order valence-corrected chi connectivity index (χ3v) is 11.6. The number of methoxy groups -OCH3 is 1. The molecule has 2 fully saturated rings. The predicted molar refractivity (Wildman–Crippen MR) is 221 cm³/mol. The van der Waals surface area contributed by atoms with Crippen LogP contribution in [0.15, 0.2) is 91.3 Å². The van der Waals surface area contributed by atoms with Crippen LogP contribution in [0, 0.1) is 0 Å². The van der Waals surface area contributed by atoms with Crippen molar-refractivity contribution in [3.63, 3.8) is 0 Å². The number of rotatable bonds is 10. The number of nitrogens with zero attached hydrogens (tertiary/aromatic N) is 5. The molecule has 5 heterocycles. The van der Waals surface area contributed by atoms with Crippen LogP contribution in [0.4, 0.5) is 4.79 Å². The Morgan fingerprint density at radius 1 is 0.763 bits per heavy atom. The third kappa shape index (κ3) is 7.47. The van der Waals surface area contributed by atoms with Crippen LogP contribution in [0.3, 0.4) is 0 Å². The Labute approximate surface area is 341 Å². The minimum atomic E-state index is -0.632. The standard InChI is InChI=1S/C45H46N8O6/c1-51(2)41(33-16-17-38-39(22-33)59-26-58-38)44(55)53-19-5-7-37(53)43-46-23-34(49-43)28-10-8-27(9-11-28)29-12-13-31-21-32(15-14-30(31)20-29)35-24-47-42(50-35)36-6-4-18-52(36)40(54)25-48-45(56)57-3/h8-17,20-24,36-37,41H,4-7,18-19,25-26H2,1-3H3,(H,46,49)(H,47,50)(H,48,56). The number of amides is 3. The molecule has 0 radical (unpaired) electrons. The van der Waals surface area contributed by atoms with Crippen molar-refractivity contribution in [2.45, 2.75) is 43.8 Å². The quantitative estimate of drug-likeness (QED) is 0.133. The Hall–Kier alpha value is -6.67. The van der Waals surface area contributed by atoms with Crippen LogP contribution >= 0.6 is 0 Å². The topological polar surface area (TPSA) is 158 Å². The summed E-state index contributed by atoms with van der Waals surface area (Å²) in [6, 6.07) is 26.2. The molecule has 0 spiro atoms. The van der Waals surface area contributed by atoms with Gasteiger partial charge < -0.3 is 39.3 Å². The molecule has 14 nitrogen and oxygen atoms in total. The second-order valence-electron chi connectivity index (χ2n) is 15.5. The second-order valence-corrected chi connectivity index (χ2v) is 15.5. The van der Waals surface area contributed by atoms with Gasteiger partial charge in [-0.15, -0.1) is 0 Å². The molecule has 0 bridgehead atoms. The molecular formula is C45H46N8O6. The van der Waals surface area contributed by atoms with Crippen molar-refractivity contribution in [1.82, 2.24) is 40.0 Å². The number of aromatic nitrogens is 4. The van der Waals surface area contributed by atoms with E-state index < -0.39 is 12.1 Å². The predicted octanol–water partition coefficient (Wildman–Crippen LogP) is 7.00. The number of hydrogen-bond acceptors (Lipinski definition) is 9. The fourth-order valence-corrected chi connectivity index (χ4v) is 8.63. The minimum Gasteiger partial charge on any atom is -0.454 e. The Morgan fingerprint density at radius 3 is 2.05 bits per heavy atom. The fraction of sp³-hybridized carbons (Fsp3) is 0.311. The number of imidazole rings is 2. The van der Waals surface area contributed by atoms with E-state index in [9.17, 15) is 14.4 Å². The molecule has 3 N–H and O–H groups in total. The summed E-state index contributed by atoms with van der Waals surface area (Å²) in [5.41, 5.74) is 6.87. The molecule has 302 valence electrons. The number of carbonyl (C=O) groups is 3. The van der Waals surface area contributed by atoms with E-state index in [2.05, 4.69) is 85.7 Å². The summed E-state index contributed by atoms with van der Waals surface area (Å²) in [6.45, 7) is 1.35. The van der Waals surface area contributed by atoms with Gasteiger partial charge in [-0.1, -0.05) is 54.6 Å². The van der Waals surface area contributed by atoms with Crippen LogP contribution in [0.25, 0.3) is 44.4 Å². The number of carbonyl (C=O) groups excluding carboxylic acids is 3. The summed E-state index contributed by atoms with van der Waals surface area (Å²) in [5.74, 6) is 2.75. The maximum Gasteiger partial charge on any atom is 0.407 e. The Balaban J connectivity index is 0.867. The van der Waals surface area contributed by atoms with Gasteiger partial charge in [0.25, 0.3) is 0 Å². The third-order valence-electron chi connectivity index (χ3n) is 11.6. The first kappa shape index (κ1) is 37.9. The molecule has 59 heavy (non-hydrogen) atoms. The van der Waals surface area contributed by atoms with E-state index >= 15 is 0 Å². The zero-order valence-electron chi connectivity index (χ0n) is 33.2. The van der Waals surface area contributed by atoms with Gasteiger partial charge in [-0.05, 0) is 97.1 Å². The van der Waals surface area contributed by atoms with Gasteiger partial charge in [-0.3, -0.25) is 14.5 Å². The van der Waals surface area contributed by atoms with Crippen molar-refractivity contribution in [2.75, 3.05) is 47.6 Å². The highest BCUT2D eigenvalue weighted by Gasteiger charge is 2.38. The van der Waals surface area contributed by atoms with Gasteiger partial charge in [0.15, 0.2) is 11.5 Å². The van der Waals surface area contributed by atoms with Crippen LogP contribution in [-0.2, 0) is 14.3 Å². The number of ether oxygens (including phenoxy) is 3. The summed E-state index contributed by atoms with van der Waals surface area (Å²) in [6.07, 6.45) is 6.44. The van der Waals surface area contributed by atoms with Crippen molar-refractivity contribution in [3.8, 4) is 45.1 Å². The fourth-order valence-electron chi connectivity index (χ4n) is 8.63. The van der Waals surface area contributed by atoms with Crippen LogP contribution in [-0.4, -0.2) is 100 Å². The van der Waals surface area contributed by atoms with Gasteiger partial charge in [-0.2, -0.15) is 0 Å². The van der Waals surface area contributed by atoms with E-state index in [1.807, 2.05) is 54.5 Å². The van der Waals surface area contributed by atoms with Gasteiger partial charge in [0.2, 0.25) is 18.6 Å². The lowest BCUT2D eigenvalue weighted by Crippen LogP contribution is -2.40. The molecule has 3 aliphatic heterocycles. The van der Waals surface area contributed by atoms with Gasteiger partial charge in [0.1, 0.15) is 24.2 Å². The van der Waals surface area contributed by atoms with E-state index in [0.717, 1.165) is 87.3 Å². The lowest BCUT2D eigenvalue weighted by Gasteiger charge is -2.31. The maximum atomic E-state index is 14.1. The number of benzene rings is 4.